The maximum atomic E-state index is 3.54. The molecule has 1 aromatic carbocycles. The summed E-state index contributed by atoms with van der Waals surface area (Å²) in [7, 11) is 0. The van der Waals surface area contributed by atoms with Crippen LogP contribution in [-0.4, -0.2) is 11.1 Å². The van der Waals surface area contributed by atoms with Crippen molar-refractivity contribution >= 4 is 38.2 Å². The van der Waals surface area contributed by atoms with Crippen LogP contribution in [0.4, 0.5) is 0 Å². The molecule has 0 radical (unpaired) electrons. The van der Waals surface area contributed by atoms with Crippen molar-refractivity contribution in [1.29, 1.82) is 0 Å². The second-order valence-corrected chi connectivity index (χ2v) is 6.83. The number of benzene rings is 1. The third-order valence-electron chi connectivity index (χ3n) is 3.52. The molecule has 0 aliphatic heterocycles. The summed E-state index contributed by atoms with van der Waals surface area (Å²) in [4.78, 5) is 1.44. The minimum absolute atomic E-state index is 0.965. The Bertz CT molecular complexity index is 714. The summed E-state index contributed by atoms with van der Waals surface area (Å²) < 4.78 is 3.43. The number of hydrogen-bond donors (Lipinski definition) is 1. The minimum Gasteiger partial charge on any atom is -0.346 e. The van der Waals surface area contributed by atoms with Crippen molar-refractivity contribution in [2.45, 2.75) is 20.0 Å². The van der Waals surface area contributed by atoms with Gasteiger partial charge >= 0.3 is 0 Å². The average Bonchev–Trinajstić information content (AvgIpc) is 3.01. The molecule has 3 rings (SSSR count). The van der Waals surface area contributed by atoms with E-state index < -0.39 is 0 Å². The average molecular weight is 349 g/mol. The molecule has 3 aromatic rings. The van der Waals surface area contributed by atoms with Crippen molar-refractivity contribution < 1.29 is 0 Å². The monoisotopic (exact) mass is 348 g/mol. The molecular formula is C16H17BrN2S. The van der Waals surface area contributed by atoms with Crippen molar-refractivity contribution in [2.75, 3.05) is 6.54 Å². The molecule has 2 heterocycles. The zero-order chi connectivity index (χ0) is 13.9. The first kappa shape index (κ1) is 13.9. The van der Waals surface area contributed by atoms with E-state index in [2.05, 4.69) is 74.6 Å². The van der Waals surface area contributed by atoms with Crippen LogP contribution >= 0.6 is 27.3 Å². The van der Waals surface area contributed by atoms with E-state index in [0.717, 1.165) is 24.1 Å². The van der Waals surface area contributed by atoms with Crippen LogP contribution in [0.5, 0.6) is 0 Å². The quantitative estimate of drug-likeness (QED) is 0.668. The standard InChI is InChI=1S/C16H17BrN2S/c1-12-5-9-20-16(12)11-18-6-8-19-7-4-13-2-3-14(17)10-15(13)19/h2-5,7,9-10,18H,6,8,11H2,1H3. The highest BCUT2D eigenvalue weighted by molar-refractivity contribution is 9.10. The third kappa shape index (κ3) is 2.97. The summed E-state index contributed by atoms with van der Waals surface area (Å²) in [5.74, 6) is 0. The highest BCUT2D eigenvalue weighted by Crippen LogP contribution is 2.20. The first-order chi connectivity index (χ1) is 9.74. The number of fused-ring (bicyclic) bond motifs is 1. The van der Waals surface area contributed by atoms with Crippen LogP contribution in [0.15, 0.2) is 46.4 Å². The Hall–Kier alpha value is -1.10. The predicted molar refractivity (Wildman–Crippen MR) is 90.4 cm³/mol. The summed E-state index contributed by atoms with van der Waals surface area (Å²) in [5, 5.41) is 6.97. The Morgan fingerprint density at radius 1 is 1.25 bits per heavy atom. The van der Waals surface area contributed by atoms with Gasteiger partial charge in [-0.3, -0.25) is 0 Å². The summed E-state index contributed by atoms with van der Waals surface area (Å²) in [6.07, 6.45) is 2.16. The molecule has 104 valence electrons. The number of hydrogen-bond acceptors (Lipinski definition) is 2. The van der Waals surface area contributed by atoms with Gasteiger partial charge in [-0.2, -0.15) is 0 Å². The highest BCUT2D eigenvalue weighted by Gasteiger charge is 2.02. The molecule has 0 saturated heterocycles. The predicted octanol–water partition coefficient (Wildman–Crippen LogP) is 4.56. The molecule has 0 unspecified atom stereocenters. The lowest BCUT2D eigenvalue weighted by molar-refractivity contribution is 0.612. The van der Waals surface area contributed by atoms with E-state index in [9.17, 15) is 0 Å². The molecule has 1 N–H and O–H groups in total. The fourth-order valence-corrected chi connectivity index (χ4v) is 3.56. The van der Waals surface area contributed by atoms with Gasteiger partial charge in [0.2, 0.25) is 0 Å². The highest BCUT2D eigenvalue weighted by atomic mass is 79.9. The third-order valence-corrected chi connectivity index (χ3v) is 5.04. The molecule has 0 atom stereocenters. The van der Waals surface area contributed by atoms with Crippen LogP contribution in [0.1, 0.15) is 10.4 Å². The van der Waals surface area contributed by atoms with Gasteiger partial charge in [-0.05, 0) is 47.5 Å². The number of rotatable bonds is 5. The van der Waals surface area contributed by atoms with E-state index in [0.29, 0.717) is 0 Å². The van der Waals surface area contributed by atoms with Crippen molar-refractivity contribution in [3.63, 3.8) is 0 Å². The van der Waals surface area contributed by atoms with E-state index in [-0.39, 0.29) is 0 Å². The number of halogens is 1. The molecule has 2 nitrogen and oxygen atoms in total. The topological polar surface area (TPSA) is 17.0 Å². The Labute approximate surface area is 131 Å². The first-order valence-corrected chi connectivity index (χ1v) is 8.39. The van der Waals surface area contributed by atoms with Crippen molar-refractivity contribution in [3.05, 3.63) is 56.8 Å². The maximum absolute atomic E-state index is 3.54. The molecule has 4 heteroatoms. The first-order valence-electron chi connectivity index (χ1n) is 6.72. The van der Waals surface area contributed by atoms with E-state index >= 15 is 0 Å². The number of thiophene rings is 1. The molecule has 0 bridgehead atoms. The van der Waals surface area contributed by atoms with Crippen LogP contribution in [0, 0.1) is 6.92 Å². The van der Waals surface area contributed by atoms with Gasteiger partial charge < -0.3 is 9.88 Å². The Kier molecular flexibility index (Phi) is 4.24. The molecule has 0 spiro atoms. The second-order valence-electron chi connectivity index (χ2n) is 4.92. The Morgan fingerprint density at radius 3 is 2.95 bits per heavy atom. The second kappa shape index (κ2) is 6.12. The zero-order valence-electron chi connectivity index (χ0n) is 11.4. The van der Waals surface area contributed by atoms with Crippen LogP contribution in [0.2, 0.25) is 0 Å². The molecule has 0 saturated carbocycles. The molecule has 20 heavy (non-hydrogen) atoms. The van der Waals surface area contributed by atoms with Crippen LogP contribution < -0.4 is 5.32 Å². The smallest absolute Gasteiger partial charge is 0.0492 e. The van der Waals surface area contributed by atoms with Gasteiger partial charge in [-0.15, -0.1) is 11.3 Å². The van der Waals surface area contributed by atoms with E-state index in [1.54, 1.807) is 0 Å². The Morgan fingerprint density at radius 2 is 2.15 bits per heavy atom. The molecule has 0 aliphatic carbocycles. The maximum Gasteiger partial charge on any atom is 0.0492 e. The number of nitrogens with one attached hydrogen (secondary N) is 1. The van der Waals surface area contributed by atoms with Crippen molar-refractivity contribution in [2.24, 2.45) is 0 Å². The largest absolute Gasteiger partial charge is 0.346 e. The van der Waals surface area contributed by atoms with Gasteiger partial charge in [-0.25, -0.2) is 0 Å². The van der Waals surface area contributed by atoms with E-state index in [1.807, 2.05) is 11.3 Å². The van der Waals surface area contributed by atoms with Crippen LogP contribution in [0.3, 0.4) is 0 Å². The molecule has 0 amide bonds. The van der Waals surface area contributed by atoms with Crippen LogP contribution in [-0.2, 0) is 13.1 Å². The van der Waals surface area contributed by atoms with E-state index in [1.165, 1.54) is 21.3 Å². The molecule has 2 aromatic heterocycles. The molecule has 0 fully saturated rings. The lowest BCUT2D eigenvalue weighted by Crippen LogP contribution is -2.19. The van der Waals surface area contributed by atoms with Gasteiger partial charge in [0.05, 0.1) is 0 Å². The number of aryl methyl sites for hydroxylation is 1. The lowest BCUT2D eigenvalue weighted by Gasteiger charge is -2.07. The fraction of sp³-hybridized carbons (Fsp3) is 0.250. The summed E-state index contributed by atoms with van der Waals surface area (Å²) >= 11 is 5.37. The summed E-state index contributed by atoms with van der Waals surface area (Å²) in [5.41, 5.74) is 2.67. The normalized spacial score (nSPS) is 11.3. The number of aromatic nitrogens is 1. The SMILES string of the molecule is Cc1ccsc1CNCCn1ccc2ccc(Br)cc21. The van der Waals surface area contributed by atoms with Gasteiger partial charge in [0.25, 0.3) is 0 Å². The summed E-state index contributed by atoms with van der Waals surface area (Å²) in [6, 6.07) is 10.8. The zero-order valence-corrected chi connectivity index (χ0v) is 13.8. The van der Waals surface area contributed by atoms with Gasteiger partial charge in [-0.1, -0.05) is 22.0 Å². The van der Waals surface area contributed by atoms with Gasteiger partial charge in [0, 0.05) is 40.7 Å². The number of nitrogens with zero attached hydrogens (tertiary/aromatic N) is 1. The van der Waals surface area contributed by atoms with E-state index in [4.69, 9.17) is 0 Å². The fourth-order valence-electron chi connectivity index (χ4n) is 2.34. The molecular weight excluding hydrogens is 332 g/mol. The summed E-state index contributed by atoms with van der Waals surface area (Å²) in [6.45, 7) is 5.11. The lowest BCUT2D eigenvalue weighted by atomic mass is 10.2. The molecule has 0 aliphatic rings. The minimum atomic E-state index is 0.965. The van der Waals surface area contributed by atoms with Crippen molar-refractivity contribution in [3.8, 4) is 0 Å². The van der Waals surface area contributed by atoms with Gasteiger partial charge in [0.15, 0.2) is 0 Å². The van der Waals surface area contributed by atoms with Crippen molar-refractivity contribution in [1.82, 2.24) is 9.88 Å². The Balaban J connectivity index is 1.60. The van der Waals surface area contributed by atoms with Crippen LogP contribution in [0.25, 0.3) is 10.9 Å². The van der Waals surface area contributed by atoms with Gasteiger partial charge in [0.1, 0.15) is 0 Å².